The molecule has 2 heterocycles. The average molecular weight is 348 g/mol. The monoisotopic (exact) mass is 348 g/mol. The Labute approximate surface area is 142 Å². The highest BCUT2D eigenvalue weighted by Gasteiger charge is 2.23. The van der Waals surface area contributed by atoms with Crippen LogP contribution in [0.2, 0.25) is 0 Å². The molecular weight excluding hydrogens is 328 g/mol. The summed E-state index contributed by atoms with van der Waals surface area (Å²) in [5.74, 6) is 1.07. The molecule has 0 unspecified atom stereocenters. The third-order valence-corrected chi connectivity index (χ3v) is 5.74. The molecule has 0 amide bonds. The lowest BCUT2D eigenvalue weighted by Crippen LogP contribution is -2.29. The van der Waals surface area contributed by atoms with Crippen LogP contribution in [-0.2, 0) is 16.4 Å². The van der Waals surface area contributed by atoms with Crippen molar-refractivity contribution in [1.82, 2.24) is 9.29 Å². The van der Waals surface area contributed by atoms with E-state index in [-0.39, 0.29) is 4.90 Å². The van der Waals surface area contributed by atoms with Gasteiger partial charge in [-0.15, -0.1) is 0 Å². The molecule has 7 heteroatoms. The van der Waals surface area contributed by atoms with Gasteiger partial charge in [0.25, 0.3) is 0 Å². The third-order valence-electron chi connectivity index (χ3n) is 3.89. The predicted molar refractivity (Wildman–Crippen MR) is 89.8 cm³/mol. The molecule has 1 aliphatic heterocycles. The van der Waals surface area contributed by atoms with Crippen LogP contribution in [0.4, 0.5) is 0 Å². The molecule has 0 atom stereocenters. The maximum Gasteiger partial charge on any atom is 0.242 e. The van der Waals surface area contributed by atoms with Crippen LogP contribution in [0.25, 0.3) is 0 Å². The van der Waals surface area contributed by atoms with Crippen LogP contribution in [0.5, 0.6) is 11.5 Å². The normalized spacial score (nSPS) is 14.4. The number of aromatic nitrogens is 1. The molecule has 2 aromatic rings. The van der Waals surface area contributed by atoms with E-state index >= 15 is 0 Å². The molecule has 0 bridgehead atoms. The first-order valence-electron chi connectivity index (χ1n) is 7.82. The lowest BCUT2D eigenvalue weighted by molar-refractivity contribution is 0.297. The lowest BCUT2D eigenvalue weighted by Gasteiger charge is -2.18. The van der Waals surface area contributed by atoms with Crippen LogP contribution >= 0.6 is 0 Å². The van der Waals surface area contributed by atoms with E-state index in [2.05, 4.69) is 4.98 Å². The van der Waals surface area contributed by atoms with E-state index in [1.165, 1.54) is 4.31 Å². The number of nitrogens with zero attached hydrogens (tertiary/aromatic N) is 2. The van der Waals surface area contributed by atoms with Gasteiger partial charge < -0.3 is 9.47 Å². The molecule has 0 fully saturated rings. The van der Waals surface area contributed by atoms with Crippen LogP contribution in [0, 0.1) is 0 Å². The Hall–Kier alpha value is -2.12. The van der Waals surface area contributed by atoms with E-state index in [0.717, 1.165) is 12.0 Å². The Balaban J connectivity index is 1.75. The van der Waals surface area contributed by atoms with Crippen LogP contribution < -0.4 is 9.47 Å². The van der Waals surface area contributed by atoms with E-state index < -0.39 is 10.0 Å². The summed E-state index contributed by atoms with van der Waals surface area (Å²) >= 11 is 0. The fraction of sp³-hybridized carbons (Fsp3) is 0.353. The minimum absolute atomic E-state index is 0.212. The summed E-state index contributed by atoms with van der Waals surface area (Å²) in [7, 11) is -1.99. The number of sulfonamides is 1. The van der Waals surface area contributed by atoms with Gasteiger partial charge in [0.15, 0.2) is 11.5 Å². The second kappa shape index (κ2) is 7.19. The maximum atomic E-state index is 12.7. The standard InChI is InChI=1S/C17H20N2O4S/c1-19(10-7-14-5-8-18-9-6-14)24(20,21)15-3-4-16-17(13-15)23-12-2-11-22-16/h3-6,8-9,13H,2,7,10-12H2,1H3. The van der Waals surface area contributed by atoms with Gasteiger partial charge in [-0.25, -0.2) is 12.7 Å². The number of fused-ring (bicyclic) bond motifs is 1. The predicted octanol–water partition coefficient (Wildman–Crippen LogP) is 2.11. The molecule has 0 aliphatic carbocycles. The maximum absolute atomic E-state index is 12.7. The van der Waals surface area contributed by atoms with Crippen molar-refractivity contribution >= 4 is 10.0 Å². The molecule has 0 saturated carbocycles. The molecule has 24 heavy (non-hydrogen) atoms. The topological polar surface area (TPSA) is 68.7 Å². The first-order chi connectivity index (χ1) is 11.6. The van der Waals surface area contributed by atoms with E-state index in [9.17, 15) is 8.42 Å². The Kier molecular flexibility index (Phi) is 5.01. The van der Waals surface area contributed by atoms with Crippen LogP contribution in [0.1, 0.15) is 12.0 Å². The summed E-state index contributed by atoms with van der Waals surface area (Å²) in [4.78, 5) is 4.17. The van der Waals surface area contributed by atoms with Crippen molar-refractivity contribution in [2.45, 2.75) is 17.7 Å². The van der Waals surface area contributed by atoms with E-state index in [1.807, 2.05) is 12.1 Å². The molecule has 0 N–H and O–H groups in total. The molecule has 1 aliphatic rings. The highest BCUT2D eigenvalue weighted by atomic mass is 32.2. The van der Waals surface area contributed by atoms with E-state index in [0.29, 0.717) is 37.7 Å². The van der Waals surface area contributed by atoms with Crippen molar-refractivity contribution in [2.24, 2.45) is 0 Å². The highest BCUT2D eigenvalue weighted by Crippen LogP contribution is 2.32. The first kappa shape index (κ1) is 16.7. The zero-order valence-corrected chi connectivity index (χ0v) is 14.3. The van der Waals surface area contributed by atoms with Crippen molar-refractivity contribution in [2.75, 3.05) is 26.8 Å². The molecule has 6 nitrogen and oxygen atoms in total. The fourth-order valence-corrected chi connectivity index (χ4v) is 3.63. The van der Waals surface area contributed by atoms with Gasteiger partial charge in [0.05, 0.1) is 18.1 Å². The van der Waals surface area contributed by atoms with Crippen molar-refractivity contribution in [1.29, 1.82) is 0 Å². The van der Waals surface area contributed by atoms with Gasteiger partial charge in [-0.2, -0.15) is 0 Å². The molecule has 1 aromatic carbocycles. The number of ether oxygens (including phenoxy) is 2. The minimum atomic E-state index is -3.57. The highest BCUT2D eigenvalue weighted by molar-refractivity contribution is 7.89. The summed E-state index contributed by atoms with van der Waals surface area (Å²) in [6, 6.07) is 8.52. The number of rotatable bonds is 5. The van der Waals surface area contributed by atoms with E-state index in [4.69, 9.17) is 9.47 Å². The van der Waals surface area contributed by atoms with Crippen molar-refractivity contribution in [3.05, 3.63) is 48.3 Å². The zero-order valence-electron chi connectivity index (χ0n) is 13.5. The fourth-order valence-electron chi connectivity index (χ4n) is 2.44. The molecule has 128 valence electrons. The van der Waals surface area contributed by atoms with Crippen LogP contribution in [0.3, 0.4) is 0 Å². The van der Waals surface area contributed by atoms with Gasteiger partial charge in [-0.05, 0) is 36.2 Å². The lowest BCUT2D eigenvalue weighted by atomic mass is 10.2. The molecule has 3 rings (SSSR count). The molecule has 0 spiro atoms. The van der Waals surface area contributed by atoms with Gasteiger partial charge in [0, 0.05) is 38.5 Å². The van der Waals surface area contributed by atoms with Gasteiger partial charge in [0.2, 0.25) is 10.0 Å². The summed E-state index contributed by atoms with van der Waals surface area (Å²) in [6.45, 7) is 1.49. The van der Waals surface area contributed by atoms with Crippen molar-refractivity contribution in [3.63, 3.8) is 0 Å². The summed E-state index contributed by atoms with van der Waals surface area (Å²) in [6.07, 6.45) is 4.81. The first-order valence-corrected chi connectivity index (χ1v) is 9.26. The van der Waals surface area contributed by atoms with Gasteiger partial charge in [0.1, 0.15) is 0 Å². The number of likely N-dealkylation sites (N-methyl/N-ethyl adjacent to an activating group) is 1. The van der Waals surface area contributed by atoms with Crippen molar-refractivity contribution in [3.8, 4) is 11.5 Å². The molecule has 0 radical (unpaired) electrons. The van der Waals surface area contributed by atoms with E-state index in [1.54, 1.807) is 37.6 Å². The number of hydrogen-bond donors (Lipinski definition) is 0. The zero-order chi connectivity index (χ0) is 17.0. The molecular formula is C17H20N2O4S. The largest absolute Gasteiger partial charge is 0.490 e. The Morgan fingerprint density at radius 3 is 2.54 bits per heavy atom. The minimum Gasteiger partial charge on any atom is -0.490 e. The van der Waals surface area contributed by atoms with Gasteiger partial charge in [-0.3, -0.25) is 4.98 Å². The van der Waals surface area contributed by atoms with Crippen LogP contribution in [-0.4, -0.2) is 44.5 Å². The molecule has 1 aromatic heterocycles. The van der Waals surface area contributed by atoms with Crippen molar-refractivity contribution < 1.29 is 17.9 Å². The van der Waals surface area contributed by atoms with Gasteiger partial charge in [-0.1, -0.05) is 0 Å². The quantitative estimate of drug-likeness (QED) is 0.828. The Morgan fingerprint density at radius 2 is 1.79 bits per heavy atom. The summed E-state index contributed by atoms with van der Waals surface area (Å²) in [5, 5.41) is 0. The number of hydrogen-bond acceptors (Lipinski definition) is 5. The smallest absolute Gasteiger partial charge is 0.242 e. The number of pyridine rings is 1. The SMILES string of the molecule is CN(CCc1ccncc1)S(=O)(=O)c1ccc2c(c1)OCCCO2. The summed E-state index contributed by atoms with van der Waals surface area (Å²) < 4.78 is 38.0. The molecule has 0 saturated heterocycles. The second-order valence-electron chi connectivity index (χ2n) is 5.59. The number of benzene rings is 1. The Bertz CT molecular complexity index is 793. The van der Waals surface area contributed by atoms with Crippen LogP contribution in [0.15, 0.2) is 47.6 Å². The van der Waals surface area contributed by atoms with Gasteiger partial charge >= 0.3 is 0 Å². The summed E-state index contributed by atoms with van der Waals surface area (Å²) in [5.41, 5.74) is 1.05. The third kappa shape index (κ3) is 3.68. The average Bonchev–Trinajstić information content (AvgIpc) is 2.85. The Morgan fingerprint density at radius 1 is 1.08 bits per heavy atom. The second-order valence-corrected chi connectivity index (χ2v) is 7.64.